The summed E-state index contributed by atoms with van der Waals surface area (Å²) >= 11 is 0. The maximum absolute atomic E-state index is 4.64. The molecule has 1 unspecified atom stereocenters. The largest absolute Gasteiger partial charge is 0.365 e. The lowest BCUT2D eigenvalue weighted by Gasteiger charge is -2.22. The third-order valence-corrected chi connectivity index (χ3v) is 3.97. The van der Waals surface area contributed by atoms with Crippen LogP contribution in [0.2, 0.25) is 0 Å². The van der Waals surface area contributed by atoms with E-state index in [1.165, 1.54) is 5.56 Å². The molecule has 3 aromatic rings. The number of benzene rings is 1. The van der Waals surface area contributed by atoms with Gasteiger partial charge in [-0.2, -0.15) is 0 Å². The van der Waals surface area contributed by atoms with Crippen molar-refractivity contribution in [2.24, 2.45) is 0 Å². The molecule has 6 nitrogen and oxygen atoms in total. The highest BCUT2D eigenvalue weighted by Gasteiger charge is 2.09. The van der Waals surface area contributed by atoms with Gasteiger partial charge in [0.25, 0.3) is 0 Å². The molecule has 2 heterocycles. The van der Waals surface area contributed by atoms with Gasteiger partial charge in [-0.25, -0.2) is 9.97 Å². The van der Waals surface area contributed by atoms with E-state index in [1.807, 2.05) is 23.8 Å². The summed E-state index contributed by atoms with van der Waals surface area (Å²) in [5.41, 5.74) is 1.31. The molecule has 1 atom stereocenters. The van der Waals surface area contributed by atoms with E-state index in [9.17, 15) is 0 Å². The van der Waals surface area contributed by atoms with E-state index in [0.29, 0.717) is 0 Å². The second-order valence-electron chi connectivity index (χ2n) is 6.33. The Hall–Kier alpha value is -2.73. The van der Waals surface area contributed by atoms with Crippen LogP contribution in [0.15, 0.2) is 55.1 Å². The van der Waals surface area contributed by atoms with Crippen LogP contribution in [0.4, 0.5) is 5.82 Å². The van der Waals surface area contributed by atoms with E-state index in [0.717, 1.165) is 30.5 Å². The highest BCUT2D eigenvalue weighted by atomic mass is 15.2. The molecule has 0 aliphatic rings. The third-order valence-electron chi connectivity index (χ3n) is 3.97. The number of hydrogen-bond acceptors (Lipinski definition) is 5. The fourth-order valence-corrected chi connectivity index (χ4v) is 2.89. The zero-order valence-corrected chi connectivity index (χ0v) is 14.9. The van der Waals surface area contributed by atoms with E-state index >= 15 is 0 Å². The molecule has 2 aromatic heterocycles. The van der Waals surface area contributed by atoms with Crippen LogP contribution >= 0.6 is 0 Å². The Kier molecular flexibility index (Phi) is 5.40. The lowest BCUT2D eigenvalue weighted by atomic mass is 10.2. The standard InChI is InChI=1S/C19H24N6/c1-15(13-24(3)14-17-7-5-4-6-8-17)22-18-11-20-12-19(23-18)25-10-9-21-16(25)2/h4-12,15H,13-14H2,1-3H3,(H,22,23). The minimum Gasteiger partial charge on any atom is -0.365 e. The molecule has 0 aliphatic heterocycles. The monoisotopic (exact) mass is 336 g/mol. The topological polar surface area (TPSA) is 58.9 Å². The van der Waals surface area contributed by atoms with Crippen LogP contribution in [0.3, 0.4) is 0 Å². The number of aromatic nitrogens is 4. The molecule has 0 radical (unpaired) electrons. The molecular formula is C19H24N6. The highest BCUT2D eigenvalue weighted by molar-refractivity contribution is 5.37. The minimum absolute atomic E-state index is 0.252. The molecule has 25 heavy (non-hydrogen) atoms. The second kappa shape index (κ2) is 7.90. The normalized spacial score (nSPS) is 12.3. The van der Waals surface area contributed by atoms with Gasteiger partial charge in [-0.15, -0.1) is 0 Å². The number of hydrogen-bond donors (Lipinski definition) is 1. The van der Waals surface area contributed by atoms with Gasteiger partial charge in [0, 0.05) is 31.5 Å². The smallest absolute Gasteiger partial charge is 0.159 e. The Bertz CT molecular complexity index is 798. The first-order chi connectivity index (χ1) is 12.1. The van der Waals surface area contributed by atoms with Crippen LogP contribution in [0, 0.1) is 6.92 Å². The zero-order valence-electron chi connectivity index (χ0n) is 14.9. The van der Waals surface area contributed by atoms with Crippen LogP contribution in [0.25, 0.3) is 5.82 Å². The number of imidazole rings is 1. The third kappa shape index (κ3) is 4.64. The van der Waals surface area contributed by atoms with Crippen LogP contribution in [0.5, 0.6) is 0 Å². The van der Waals surface area contributed by atoms with Crippen molar-refractivity contribution in [1.29, 1.82) is 0 Å². The van der Waals surface area contributed by atoms with E-state index in [-0.39, 0.29) is 6.04 Å². The molecule has 130 valence electrons. The minimum atomic E-state index is 0.252. The Labute approximate surface area is 148 Å². The van der Waals surface area contributed by atoms with Crippen molar-refractivity contribution in [2.75, 3.05) is 18.9 Å². The molecule has 3 rings (SSSR count). The zero-order chi connectivity index (χ0) is 17.6. The number of anilines is 1. The molecule has 1 N–H and O–H groups in total. The van der Waals surface area contributed by atoms with Gasteiger partial charge in [0.1, 0.15) is 11.6 Å². The van der Waals surface area contributed by atoms with Crippen molar-refractivity contribution < 1.29 is 0 Å². The number of likely N-dealkylation sites (N-methyl/N-ethyl adjacent to an activating group) is 1. The maximum Gasteiger partial charge on any atom is 0.159 e. The highest BCUT2D eigenvalue weighted by Crippen LogP contribution is 2.11. The number of aryl methyl sites for hydroxylation is 1. The van der Waals surface area contributed by atoms with Crippen molar-refractivity contribution in [1.82, 2.24) is 24.4 Å². The summed E-state index contributed by atoms with van der Waals surface area (Å²) in [6.45, 7) is 5.93. The first-order valence-corrected chi connectivity index (χ1v) is 8.43. The SMILES string of the molecule is Cc1nccn1-c1cncc(NC(C)CN(C)Cc2ccccc2)n1. The number of nitrogens with zero attached hydrogens (tertiary/aromatic N) is 5. The molecule has 0 fully saturated rings. The molecule has 0 aliphatic carbocycles. The van der Waals surface area contributed by atoms with Crippen molar-refractivity contribution in [3.63, 3.8) is 0 Å². The molecule has 1 aromatic carbocycles. The summed E-state index contributed by atoms with van der Waals surface area (Å²) in [5, 5.41) is 3.43. The lowest BCUT2D eigenvalue weighted by molar-refractivity contribution is 0.316. The van der Waals surface area contributed by atoms with Crippen molar-refractivity contribution in [3.05, 3.63) is 66.5 Å². The lowest BCUT2D eigenvalue weighted by Crippen LogP contribution is -2.32. The summed E-state index contributed by atoms with van der Waals surface area (Å²) in [4.78, 5) is 15.5. The summed E-state index contributed by atoms with van der Waals surface area (Å²) in [6, 6.07) is 10.7. The Morgan fingerprint density at radius 3 is 2.72 bits per heavy atom. The summed E-state index contributed by atoms with van der Waals surface area (Å²) in [7, 11) is 2.13. The Balaban J connectivity index is 1.59. The van der Waals surface area contributed by atoms with E-state index in [1.54, 1.807) is 18.6 Å². The number of rotatable bonds is 7. The molecule has 0 spiro atoms. The predicted octanol–water partition coefficient (Wildman–Crippen LogP) is 2.90. The fourth-order valence-electron chi connectivity index (χ4n) is 2.89. The molecule has 0 bridgehead atoms. The van der Waals surface area contributed by atoms with Gasteiger partial charge in [0.2, 0.25) is 0 Å². The predicted molar refractivity (Wildman–Crippen MR) is 99.8 cm³/mol. The molecular weight excluding hydrogens is 312 g/mol. The van der Waals surface area contributed by atoms with Crippen molar-refractivity contribution in [3.8, 4) is 5.82 Å². The van der Waals surface area contributed by atoms with Gasteiger partial charge in [-0.3, -0.25) is 9.55 Å². The maximum atomic E-state index is 4.64. The molecule has 0 saturated carbocycles. The fraction of sp³-hybridized carbons (Fsp3) is 0.316. The van der Waals surface area contributed by atoms with Crippen molar-refractivity contribution in [2.45, 2.75) is 26.4 Å². The molecule has 0 saturated heterocycles. The first-order valence-electron chi connectivity index (χ1n) is 8.43. The van der Waals surface area contributed by atoms with Gasteiger partial charge < -0.3 is 10.2 Å². The van der Waals surface area contributed by atoms with E-state index in [4.69, 9.17) is 0 Å². The van der Waals surface area contributed by atoms with Crippen LogP contribution in [-0.4, -0.2) is 44.1 Å². The Morgan fingerprint density at radius 2 is 2.00 bits per heavy atom. The van der Waals surface area contributed by atoms with E-state index < -0.39 is 0 Å². The van der Waals surface area contributed by atoms with Crippen molar-refractivity contribution >= 4 is 5.82 Å². The number of nitrogens with one attached hydrogen (secondary N) is 1. The molecule has 0 amide bonds. The average Bonchev–Trinajstić information content (AvgIpc) is 3.02. The summed E-state index contributed by atoms with van der Waals surface area (Å²) in [6.07, 6.45) is 7.15. The van der Waals surface area contributed by atoms with Gasteiger partial charge in [0.05, 0.1) is 12.4 Å². The van der Waals surface area contributed by atoms with Gasteiger partial charge >= 0.3 is 0 Å². The van der Waals surface area contributed by atoms with Crippen LogP contribution < -0.4 is 5.32 Å². The van der Waals surface area contributed by atoms with E-state index in [2.05, 4.69) is 63.4 Å². The first kappa shape index (κ1) is 17.1. The van der Waals surface area contributed by atoms with Crippen LogP contribution in [-0.2, 0) is 6.54 Å². The molecule has 6 heteroatoms. The summed E-state index contributed by atoms with van der Waals surface area (Å²) in [5.74, 6) is 2.43. The van der Waals surface area contributed by atoms with Gasteiger partial charge in [0.15, 0.2) is 5.82 Å². The quantitative estimate of drug-likeness (QED) is 0.719. The Morgan fingerprint density at radius 1 is 1.20 bits per heavy atom. The average molecular weight is 336 g/mol. The van der Waals surface area contributed by atoms with Gasteiger partial charge in [-0.05, 0) is 26.5 Å². The van der Waals surface area contributed by atoms with Crippen LogP contribution in [0.1, 0.15) is 18.3 Å². The second-order valence-corrected chi connectivity index (χ2v) is 6.33. The van der Waals surface area contributed by atoms with Gasteiger partial charge in [-0.1, -0.05) is 30.3 Å². The summed E-state index contributed by atoms with van der Waals surface area (Å²) < 4.78 is 1.92.